The van der Waals surface area contributed by atoms with Gasteiger partial charge in [0, 0.05) is 12.1 Å². The zero-order valence-electron chi connectivity index (χ0n) is 14.2. The summed E-state index contributed by atoms with van der Waals surface area (Å²) in [4.78, 5) is -0.756. The van der Waals surface area contributed by atoms with Gasteiger partial charge in [-0.25, -0.2) is 16.8 Å². The Labute approximate surface area is 196 Å². The predicted molar refractivity (Wildman–Crippen MR) is 82.7 cm³/mol. The molecule has 8 nitrogen and oxygen atoms in total. The summed E-state index contributed by atoms with van der Waals surface area (Å²) in [7, 11) is -9.09. The molecule has 0 saturated carbocycles. The van der Waals surface area contributed by atoms with E-state index in [1.807, 2.05) is 0 Å². The van der Waals surface area contributed by atoms with E-state index >= 15 is 0 Å². The summed E-state index contributed by atoms with van der Waals surface area (Å²) < 4.78 is 65.4. The zero-order valence-corrected chi connectivity index (χ0v) is 19.8. The van der Waals surface area contributed by atoms with Gasteiger partial charge in [-0.15, -0.1) is 0 Å². The second-order valence-corrected chi connectivity index (χ2v) is 7.86. The first kappa shape index (κ1) is 26.2. The molecule has 4 N–H and O–H groups in total. The molecule has 12 heteroatoms. The molecule has 0 spiro atoms. The topological polar surface area (TPSA) is 166 Å². The molecular weight excluding hydrogens is 402 g/mol. The van der Waals surface area contributed by atoms with E-state index in [1.165, 1.54) is 24.3 Å². The van der Waals surface area contributed by atoms with Crippen LogP contribution in [0.5, 0.6) is 0 Å². The molecule has 26 heavy (non-hydrogen) atoms. The van der Waals surface area contributed by atoms with Gasteiger partial charge in [0.1, 0.15) is 20.2 Å². The van der Waals surface area contributed by atoms with Crippen molar-refractivity contribution in [1.82, 2.24) is 0 Å². The molecular formula is C14H14N2Na2O6S2. The van der Waals surface area contributed by atoms with E-state index in [4.69, 9.17) is 11.5 Å². The van der Waals surface area contributed by atoms with Gasteiger partial charge in [0.2, 0.25) is 0 Å². The second kappa shape index (κ2) is 10.1. The van der Waals surface area contributed by atoms with Crippen LogP contribution in [0, 0.1) is 0 Å². The largest absolute Gasteiger partial charge is 1.00 e. The van der Waals surface area contributed by atoms with E-state index in [9.17, 15) is 25.9 Å². The standard InChI is InChI=1S/C14H16N2O6S2.2Na/c15-13(9-1-5-11(6-2-9)23(17,18)19)14(16)10-3-7-12(8-4-10)24(20,21)22;;/h1-8,13-14H,15-16H2,(H,17,18,19)(H,20,21,22);;/q;2*+1/p-2. The van der Waals surface area contributed by atoms with Crippen molar-refractivity contribution in [3.63, 3.8) is 0 Å². The number of nitrogens with two attached hydrogens (primary N) is 2. The van der Waals surface area contributed by atoms with Gasteiger partial charge in [-0.1, -0.05) is 24.3 Å². The van der Waals surface area contributed by atoms with Crippen molar-refractivity contribution in [3.05, 3.63) is 59.7 Å². The number of hydrogen-bond acceptors (Lipinski definition) is 8. The maximum Gasteiger partial charge on any atom is 1.00 e. The average molecular weight is 416 g/mol. The van der Waals surface area contributed by atoms with Crippen molar-refractivity contribution in [2.24, 2.45) is 11.5 Å². The third-order valence-electron chi connectivity index (χ3n) is 3.49. The minimum atomic E-state index is -4.54. The minimum absolute atomic E-state index is 0. The molecule has 2 unspecified atom stereocenters. The summed E-state index contributed by atoms with van der Waals surface area (Å²) in [6.45, 7) is 0. The molecule has 0 aromatic heterocycles. The van der Waals surface area contributed by atoms with Crippen molar-refractivity contribution >= 4 is 20.2 Å². The Balaban J connectivity index is 0.00000312. The van der Waals surface area contributed by atoms with Crippen LogP contribution < -0.4 is 70.6 Å². The van der Waals surface area contributed by atoms with E-state index in [1.54, 1.807) is 0 Å². The van der Waals surface area contributed by atoms with Crippen molar-refractivity contribution in [2.45, 2.75) is 21.9 Å². The molecule has 0 radical (unpaired) electrons. The Morgan fingerprint density at radius 1 is 0.615 bits per heavy atom. The Morgan fingerprint density at radius 2 is 0.846 bits per heavy atom. The predicted octanol–water partition coefficient (Wildman–Crippen LogP) is -5.80. The van der Waals surface area contributed by atoms with E-state index in [0.717, 1.165) is 24.3 Å². The molecule has 0 aliphatic carbocycles. The molecule has 0 saturated heterocycles. The first-order valence-electron chi connectivity index (χ1n) is 6.63. The van der Waals surface area contributed by atoms with Crippen LogP contribution in [0.25, 0.3) is 0 Å². The molecule has 2 aromatic carbocycles. The molecule has 0 bridgehead atoms. The van der Waals surface area contributed by atoms with Crippen LogP contribution in [-0.4, -0.2) is 25.9 Å². The van der Waals surface area contributed by atoms with E-state index in [2.05, 4.69) is 0 Å². The average Bonchev–Trinajstić information content (AvgIpc) is 2.52. The Bertz CT molecular complexity index is 853. The minimum Gasteiger partial charge on any atom is -0.744 e. The maximum absolute atomic E-state index is 10.9. The monoisotopic (exact) mass is 416 g/mol. The van der Waals surface area contributed by atoms with Crippen LogP contribution >= 0.6 is 0 Å². The van der Waals surface area contributed by atoms with Crippen molar-refractivity contribution < 1.29 is 85.1 Å². The van der Waals surface area contributed by atoms with Gasteiger partial charge < -0.3 is 20.6 Å². The van der Waals surface area contributed by atoms with Gasteiger partial charge >= 0.3 is 59.1 Å². The Morgan fingerprint density at radius 3 is 1.04 bits per heavy atom. The van der Waals surface area contributed by atoms with Crippen LogP contribution in [0.15, 0.2) is 58.3 Å². The maximum atomic E-state index is 10.9. The molecule has 130 valence electrons. The summed E-state index contributed by atoms with van der Waals surface area (Å²) in [5, 5.41) is 0. The zero-order chi connectivity index (χ0) is 18.1. The molecule has 2 aromatic rings. The third kappa shape index (κ3) is 6.66. The SMILES string of the molecule is NC(c1ccc(S(=O)(=O)[O-])cc1)C(N)c1ccc(S(=O)(=O)[O-])cc1.[Na+].[Na+]. The number of benzene rings is 2. The van der Waals surface area contributed by atoms with Gasteiger partial charge in [-0.05, 0) is 35.4 Å². The van der Waals surface area contributed by atoms with E-state index < -0.39 is 32.3 Å². The molecule has 2 atom stereocenters. The second-order valence-electron chi connectivity index (χ2n) is 5.10. The first-order chi connectivity index (χ1) is 11.0. The van der Waals surface area contributed by atoms with Crippen molar-refractivity contribution in [2.75, 3.05) is 0 Å². The Hall–Kier alpha value is 0.180. The number of rotatable bonds is 5. The van der Waals surface area contributed by atoms with Crippen LogP contribution in [0.1, 0.15) is 23.2 Å². The molecule has 0 aliphatic heterocycles. The fourth-order valence-corrected chi connectivity index (χ4v) is 3.07. The summed E-state index contributed by atoms with van der Waals surface area (Å²) in [5.41, 5.74) is 13.0. The molecule has 0 fully saturated rings. The van der Waals surface area contributed by atoms with Crippen LogP contribution in [0.3, 0.4) is 0 Å². The van der Waals surface area contributed by atoms with Gasteiger partial charge in [0.25, 0.3) is 0 Å². The van der Waals surface area contributed by atoms with Crippen LogP contribution in [0.2, 0.25) is 0 Å². The fourth-order valence-electron chi connectivity index (χ4n) is 2.13. The molecule has 0 aliphatic rings. The van der Waals surface area contributed by atoms with Gasteiger partial charge in [-0.3, -0.25) is 0 Å². The van der Waals surface area contributed by atoms with Gasteiger partial charge in [0.05, 0.1) is 9.79 Å². The fraction of sp³-hybridized carbons (Fsp3) is 0.143. The van der Waals surface area contributed by atoms with Gasteiger partial charge in [0.15, 0.2) is 0 Å². The summed E-state index contributed by atoms with van der Waals surface area (Å²) in [6.07, 6.45) is 0. The summed E-state index contributed by atoms with van der Waals surface area (Å²) in [5.74, 6) is 0. The van der Waals surface area contributed by atoms with E-state index in [-0.39, 0.29) is 68.9 Å². The molecule has 0 heterocycles. The third-order valence-corrected chi connectivity index (χ3v) is 5.19. The Kier molecular flexibility index (Phi) is 10.2. The summed E-state index contributed by atoms with van der Waals surface area (Å²) in [6, 6.07) is 8.60. The molecule has 0 amide bonds. The van der Waals surface area contributed by atoms with Crippen LogP contribution in [-0.2, 0) is 20.2 Å². The first-order valence-corrected chi connectivity index (χ1v) is 9.44. The summed E-state index contributed by atoms with van der Waals surface area (Å²) >= 11 is 0. The smallest absolute Gasteiger partial charge is 0.744 e. The van der Waals surface area contributed by atoms with Gasteiger partial charge in [-0.2, -0.15) is 0 Å². The van der Waals surface area contributed by atoms with Crippen molar-refractivity contribution in [3.8, 4) is 0 Å². The quantitative estimate of drug-likeness (QED) is 0.359. The number of hydrogen-bond donors (Lipinski definition) is 2. The van der Waals surface area contributed by atoms with Crippen molar-refractivity contribution in [1.29, 1.82) is 0 Å². The normalized spacial score (nSPS) is 13.8. The van der Waals surface area contributed by atoms with Crippen LogP contribution in [0.4, 0.5) is 0 Å². The molecule has 2 rings (SSSR count). The van der Waals surface area contributed by atoms with E-state index in [0.29, 0.717) is 11.1 Å².